The molecule has 5 aromatic rings. The third-order valence-corrected chi connectivity index (χ3v) is 8.80. The third kappa shape index (κ3) is 7.80. The Labute approximate surface area is 270 Å². The van der Waals surface area contributed by atoms with Crippen LogP contribution in [-0.4, -0.2) is 65.1 Å². The van der Waals surface area contributed by atoms with E-state index in [2.05, 4.69) is 27.0 Å². The molecule has 3 aromatic heterocycles. The number of hydrazone groups is 1. The van der Waals surface area contributed by atoms with Gasteiger partial charge >= 0.3 is 6.18 Å². The van der Waals surface area contributed by atoms with Crippen molar-refractivity contribution in [2.45, 2.75) is 19.0 Å². The highest BCUT2D eigenvalue weighted by Gasteiger charge is 2.31. The maximum Gasteiger partial charge on any atom is 0.416 e. The lowest BCUT2D eigenvalue weighted by atomic mass is 10.0. The summed E-state index contributed by atoms with van der Waals surface area (Å²) in [5.41, 5.74) is 1.11. The van der Waals surface area contributed by atoms with Crippen LogP contribution >= 0.6 is 11.3 Å². The number of hydrogen-bond donors (Lipinski definition) is 0. The number of alkyl halides is 3. The number of nitrogens with zero attached hydrogens (tertiary/aromatic N) is 5. The van der Waals surface area contributed by atoms with E-state index in [-0.39, 0.29) is 23.3 Å². The predicted octanol–water partition coefficient (Wildman–Crippen LogP) is 7.38. The molecule has 0 unspecified atom stereocenters. The second-order valence-electron chi connectivity index (χ2n) is 11.2. The molecular formula is C34H28F5N5O2S. The van der Waals surface area contributed by atoms with Crippen molar-refractivity contribution in [3.63, 3.8) is 0 Å². The highest BCUT2D eigenvalue weighted by atomic mass is 32.1. The van der Waals surface area contributed by atoms with Crippen LogP contribution in [0.1, 0.15) is 22.3 Å². The number of halogens is 5. The van der Waals surface area contributed by atoms with Gasteiger partial charge in [0.25, 0.3) is 0 Å². The number of piperazine rings is 1. The maximum absolute atomic E-state index is 15.1. The summed E-state index contributed by atoms with van der Waals surface area (Å²) in [6.45, 7) is 3.69. The molecule has 2 aromatic carbocycles. The highest BCUT2D eigenvalue weighted by Crippen LogP contribution is 2.39. The normalized spacial score (nSPS) is 14.3. The Morgan fingerprint density at radius 2 is 1.74 bits per heavy atom. The molecule has 47 heavy (non-hydrogen) atoms. The number of benzene rings is 2. The summed E-state index contributed by atoms with van der Waals surface area (Å²) in [7, 11) is 2.09. The average molecular weight is 666 g/mol. The number of carbonyl (C=O) groups excluding carboxylic acids is 1. The van der Waals surface area contributed by atoms with Crippen LogP contribution in [0.4, 0.5) is 22.0 Å². The van der Waals surface area contributed by atoms with E-state index in [0.717, 1.165) is 48.4 Å². The van der Waals surface area contributed by atoms with Crippen molar-refractivity contribution in [2.75, 3.05) is 33.2 Å². The zero-order valence-electron chi connectivity index (χ0n) is 25.1. The minimum atomic E-state index is -4.67. The summed E-state index contributed by atoms with van der Waals surface area (Å²) in [6, 6.07) is 13.2. The molecule has 0 N–H and O–H groups in total. The van der Waals surface area contributed by atoms with Crippen molar-refractivity contribution in [2.24, 2.45) is 5.10 Å². The fourth-order valence-corrected chi connectivity index (χ4v) is 6.10. The van der Waals surface area contributed by atoms with Crippen molar-refractivity contribution < 1.29 is 31.5 Å². The summed E-state index contributed by atoms with van der Waals surface area (Å²) in [4.78, 5) is 24.7. The molecule has 13 heteroatoms. The predicted molar refractivity (Wildman–Crippen MR) is 170 cm³/mol. The average Bonchev–Trinajstić information content (AvgIpc) is 3.48. The van der Waals surface area contributed by atoms with E-state index in [0.29, 0.717) is 34.2 Å². The van der Waals surface area contributed by atoms with Gasteiger partial charge in [-0.2, -0.15) is 18.3 Å². The fourth-order valence-electron chi connectivity index (χ4n) is 5.05. The van der Waals surface area contributed by atoms with E-state index in [1.54, 1.807) is 24.7 Å². The van der Waals surface area contributed by atoms with Crippen LogP contribution in [-0.2, 0) is 23.8 Å². The van der Waals surface area contributed by atoms with Crippen LogP contribution in [0, 0.1) is 11.6 Å². The first-order valence-electron chi connectivity index (χ1n) is 14.7. The van der Waals surface area contributed by atoms with Crippen LogP contribution in [0.3, 0.4) is 0 Å². The van der Waals surface area contributed by atoms with Crippen LogP contribution in [0.5, 0.6) is 11.5 Å². The standard InChI is InChI=1S/C34H28F5N5O2S/c1-43-10-12-44(13-11-43)42-20-22-2-6-28(41-19-22)32-18-29-33(47-32)31(8-9-40-29)46-30-7-3-21(15-27(30)36)14-25(45)17-23-16-24(34(37,38)39)4-5-26(23)35/h2-9,15-16,18-20H,10-14,17H2,1H3/b42-20-. The Morgan fingerprint density at radius 1 is 0.936 bits per heavy atom. The van der Waals surface area contributed by atoms with E-state index < -0.39 is 35.6 Å². The Morgan fingerprint density at radius 3 is 2.47 bits per heavy atom. The number of fused-ring (bicyclic) bond motifs is 1. The number of likely N-dealkylation sites (N-methyl/N-ethyl adjacent to an activating group) is 1. The van der Waals surface area contributed by atoms with E-state index in [4.69, 9.17) is 4.74 Å². The molecule has 1 aliphatic rings. The highest BCUT2D eigenvalue weighted by molar-refractivity contribution is 7.22. The Kier molecular flexibility index (Phi) is 9.28. The largest absolute Gasteiger partial charge is 0.453 e. The lowest BCUT2D eigenvalue weighted by molar-refractivity contribution is -0.137. The number of ketones is 1. The van der Waals surface area contributed by atoms with Crippen molar-refractivity contribution >= 4 is 33.6 Å². The summed E-state index contributed by atoms with van der Waals surface area (Å²) in [5, 5.41) is 6.59. The second-order valence-corrected chi connectivity index (χ2v) is 12.2. The number of ether oxygens (including phenoxy) is 1. The van der Waals surface area contributed by atoms with Gasteiger partial charge in [-0.25, -0.2) is 8.78 Å². The number of hydrogen-bond acceptors (Lipinski definition) is 8. The van der Waals surface area contributed by atoms with E-state index in [1.807, 2.05) is 23.2 Å². The van der Waals surface area contributed by atoms with Gasteiger partial charge < -0.3 is 9.64 Å². The quantitative estimate of drug-likeness (QED) is 0.121. The molecule has 7 nitrogen and oxygen atoms in total. The number of Topliss-reactive ketones (excluding diaryl/α,β-unsaturated/α-hetero) is 1. The minimum Gasteiger partial charge on any atom is -0.453 e. The van der Waals surface area contributed by atoms with Gasteiger partial charge in [0.05, 0.1) is 32.6 Å². The monoisotopic (exact) mass is 665 g/mol. The molecule has 0 aliphatic carbocycles. The first-order chi connectivity index (χ1) is 22.5. The summed E-state index contributed by atoms with van der Waals surface area (Å²) in [5.74, 6) is -1.93. The SMILES string of the molecule is CN1CCN(/N=C\c2ccc(-c3cc4nccc(Oc5ccc(CC(=O)Cc6cc(C(F)(F)F)ccc6F)cc5F)c4s3)nc2)CC1. The molecule has 1 saturated heterocycles. The van der Waals surface area contributed by atoms with Crippen molar-refractivity contribution in [3.8, 4) is 22.1 Å². The molecule has 0 amide bonds. The van der Waals surface area contributed by atoms with E-state index in [9.17, 15) is 22.4 Å². The first kappa shape index (κ1) is 32.2. The van der Waals surface area contributed by atoms with Gasteiger partial charge in [-0.3, -0.25) is 19.8 Å². The molecule has 0 saturated carbocycles. The van der Waals surface area contributed by atoms with E-state index >= 15 is 4.39 Å². The molecule has 1 aliphatic heterocycles. The van der Waals surface area contributed by atoms with Gasteiger partial charge in [0, 0.05) is 63.0 Å². The molecule has 0 atom stereocenters. The smallest absolute Gasteiger partial charge is 0.416 e. The third-order valence-electron chi connectivity index (χ3n) is 7.64. The number of carbonyl (C=O) groups is 1. The molecule has 4 heterocycles. The Bertz CT molecular complexity index is 1940. The van der Waals surface area contributed by atoms with Gasteiger partial charge in [-0.1, -0.05) is 6.07 Å². The number of rotatable bonds is 9. The van der Waals surface area contributed by atoms with Crippen molar-refractivity contribution in [1.29, 1.82) is 0 Å². The topological polar surface area (TPSA) is 70.9 Å². The summed E-state index contributed by atoms with van der Waals surface area (Å²) < 4.78 is 74.8. The molecule has 0 radical (unpaired) electrons. The van der Waals surface area contributed by atoms with Gasteiger partial charge in [0.2, 0.25) is 0 Å². The Hall–Kier alpha value is -4.75. The number of aromatic nitrogens is 2. The van der Waals surface area contributed by atoms with Gasteiger partial charge in [-0.15, -0.1) is 11.3 Å². The summed E-state index contributed by atoms with van der Waals surface area (Å²) >= 11 is 1.40. The molecule has 6 rings (SSSR count). The first-order valence-corrected chi connectivity index (χ1v) is 15.5. The Balaban J connectivity index is 1.12. The van der Waals surface area contributed by atoms with Crippen LogP contribution < -0.4 is 4.74 Å². The summed E-state index contributed by atoms with van der Waals surface area (Å²) in [6.07, 6.45) is -0.425. The fraction of sp³-hybridized carbons (Fsp3) is 0.235. The molecule has 242 valence electrons. The van der Waals surface area contributed by atoms with Crippen LogP contribution in [0.25, 0.3) is 20.8 Å². The molecule has 1 fully saturated rings. The van der Waals surface area contributed by atoms with Gasteiger partial charge in [0.15, 0.2) is 11.6 Å². The zero-order valence-corrected chi connectivity index (χ0v) is 25.9. The molecule has 0 spiro atoms. The van der Waals surface area contributed by atoms with Crippen LogP contribution in [0.2, 0.25) is 0 Å². The van der Waals surface area contributed by atoms with Gasteiger partial charge in [0.1, 0.15) is 17.3 Å². The minimum absolute atomic E-state index is 0.0883. The lowest BCUT2D eigenvalue weighted by Crippen LogP contribution is -2.41. The van der Waals surface area contributed by atoms with E-state index in [1.165, 1.54) is 23.5 Å². The van der Waals surface area contributed by atoms with Crippen molar-refractivity contribution in [1.82, 2.24) is 19.9 Å². The maximum atomic E-state index is 15.1. The lowest BCUT2D eigenvalue weighted by Gasteiger charge is -2.30. The zero-order chi connectivity index (χ0) is 33.1. The van der Waals surface area contributed by atoms with Crippen LogP contribution in [0.15, 0.2) is 78.2 Å². The molecule has 0 bridgehead atoms. The van der Waals surface area contributed by atoms with Gasteiger partial charge in [-0.05, 0) is 66.7 Å². The second kappa shape index (κ2) is 13.5. The number of thiophene rings is 1. The molecular weight excluding hydrogens is 637 g/mol. The number of pyridine rings is 2. The van der Waals surface area contributed by atoms with Crippen molar-refractivity contribution in [3.05, 3.63) is 107 Å².